The molecule has 0 amide bonds. The van der Waals surface area contributed by atoms with Crippen LogP contribution in [0.15, 0.2) is 35.4 Å². The van der Waals surface area contributed by atoms with E-state index in [0.717, 1.165) is 25.0 Å². The molecule has 1 aliphatic rings. The fourth-order valence-electron chi connectivity index (χ4n) is 3.52. The second-order valence-corrected chi connectivity index (χ2v) is 7.96. The van der Waals surface area contributed by atoms with Gasteiger partial charge >= 0.3 is 0 Å². The lowest BCUT2D eigenvalue weighted by molar-refractivity contribution is -0.0190. The number of nitrogens with zero attached hydrogens (tertiary/aromatic N) is 3. The van der Waals surface area contributed by atoms with Crippen LogP contribution >= 0.6 is 23.5 Å². The summed E-state index contributed by atoms with van der Waals surface area (Å²) >= 11 is 6.88. The van der Waals surface area contributed by atoms with E-state index >= 15 is 0 Å². The second-order valence-electron chi connectivity index (χ2n) is 6.82. The normalized spacial score (nSPS) is 18.1. The van der Waals surface area contributed by atoms with Crippen LogP contribution in [0.4, 0.5) is 8.78 Å². The number of hydrogen-bond donors (Lipinski definition) is 1. The molecule has 0 aliphatic carbocycles. The van der Waals surface area contributed by atoms with Crippen molar-refractivity contribution in [2.45, 2.75) is 17.4 Å². The molecule has 28 heavy (non-hydrogen) atoms. The van der Waals surface area contributed by atoms with Crippen molar-refractivity contribution in [3.63, 3.8) is 0 Å². The minimum absolute atomic E-state index is 0.0990. The van der Waals surface area contributed by atoms with Gasteiger partial charge in [0.15, 0.2) is 0 Å². The Morgan fingerprint density at radius 2 is 2.07 bits per heavy atom. The number of morpholine rings is 1. The molecule has 3 aromatic rings. The quantitative estimate of drug-likeness (QED) is 0.646. The predicted molar refractivity (Wildman–Crippen MR) is 107 cm³/mol. The van der Waals surface area contributed by atoms with Gasteiger partial charge < -0.3 is 14.0 Å². The number of fused-ring (bicyclic) bond motifs is 1. The van der Waals surface area contributed by atoms with Gasteiger partial charge in [0.2, 0.25) is 0 Å². The van der Waals surface area contributed by atoms with Crippen LogP contribution in [0, 0.1) is 11.6 Å². The van der Waals surface area contributed by atoms with Gasteiger partial charge in [0.25, 0.3) is 0 Å². The maximum atomic E-state index is 14.8. The molecule has 0 spiro atoms. The molecule has 0 bridgehead atoms. The van der Waals surface area contributed by atoms with Crippen molar-refractivity contribution < 1.29 is 13.5 Å². The van der Waals surface area contributed by atoms with Crippen LogP contribution in [0.2, 0.25) is 5.02 Å². The molecule has 1 saturated heterocycles. The molecule has 1 unspecified atom stereocenters. The fourth-order valence-corrected chi connectivity index (χ4v) is 4.01. The average Bonchev–Trinajstić information content (AvgIpc) is 2.98. The third-order valence-electron chi connectivity index (χ3n) is 4.84. The monoisotopic (exact) mass is 424 g/mol. The molecular weight excluding hydrogens is 406 g/mol. The standard InChI is InChI=1S/C19H19ClF2N4OS/c1-25-4-5-27-12(10-25)7-16-19(24-17-6-11(20)2-3-26(16)17)18-14(21)8-13(28-23)9-15(18)22/h2-3,6,8-9,12H,4-5,7,10,23H2,1H3. The summed E-state index contributed by atoms with van der Waals surface area (Å²) < 4.78 is 37.3. The van der Waals surface area contributed by atoms with Crippen LogP contribution in [-0.2, 0) is 11.2 Å². The van der Waals surface area contributed by atoms with Gasteiger partial charge in [-0.1, -0.05) is 11.6 Å². The highest BCUT2D eigenvalue weighted by Gasteiger charge is 2.26. The number of imidazole rings is 1. The van der Waals surface area contributed by atoms with Crippen molar-refractivity contribution in [2.75, 3.05) is 26.7 Å². The van der Waals surface area contributed by atoms with Gasteiger partial charge in [0.1, 0.15) is 17.3 Å². The van der Waals surface area contributed by atoms with E-state index in [4.69, 9.17) is 21.5 Å². The molecule has 148 valence electrons. The van der Waals surface area contributed by atoms with Gasteiger partial charge in [0, 0.05) is 41.7 Å². The summed E-state index contributed by atoms with van der Waals surface area (Å²) in [5.74, 6) is -1.41. The Labute approximate surface area is 170 Å². The van der Waals surface area contributed by atoms with E-state index in [2.05, 4.69) is 9.88 Å². The lowest BCUT2D eigenvalue weighted by Gasteiger charge is -2.30. The summed E-state index contributed by atoms with van der Waals surface area (Å²) in [6.07, 6.45) is 2.13. The summed E-state index contributed by atoms with van der Waals surface area (Å²) in [4.78, 5) is 6.98. The Kier molecular flexibility index (Phi) is 5.57. The number of pyridine rings is 1. The zero-order valence-electron chi connectivity index (χ0n) is 15.2. The van der Waals surface area contributed by atoms with Crippen LogP contribution in [0.25, 0.3) is 16.9 Å². The Balaban J connectivity index is 1.86. The molecule has 2 aromatic heterocycles. The molecule has 0 radical (unpaired) electrons. The number of ether oxygens (including phenoxy) is 1. The summed E-state index contributed by atoms with van der Waals surface area (Å²) in [7, 11) is 2.02. The molecule has 5 nitrogen and oxygen atoms in total. The highest BCUT2D eigenvalue weighted by molar-refractivity contribution is 7.97. The number of halogens is 3. The van der Waals surface area contributed by atoms with E-state index in [9.17, 15) is 8.78 Å². The van der Waals surface area contributed by atoms with Crippen LogP contribution in [0.5, 0.6) is 0 Å². The van der Waals surface area contributed by atoms with Crippen LogP contribution in [-0.4, -0.2) is 47.1 Å². The first kappa shape index (κ1) is 19.6. The molecule has 9 heteroatoms. The molecule has 1 aliphatic heterocycles. The molecule has 3 heterocycles. The maximum Gasteiger partial charge on any atom is 0.139 e. The Hall–Kier alpha value is -1.71. The van der Waals surface area contributed by atoms with E-state index in [1.807, 2.05) is 11.4 Å². The number of benzene rings is 1. The smallest absolute Gasteiger partial charge is 0.139 e. The minimum atomic E-state index is -0.703. The summed E-state index contributed by atoms with van der Waals surface area (Å²) in [6, 6.07) is 5.82. The van der Waals surface area contributed by atoms with E-state index in [-0.39, 0.29) is 17.4 Å². The third-order valence-corrected chi connectivity index (χ3v) is 5.58. The summed E-state index contributed by atoms with van der Waals surface area (Å²) in [6.45, 7) is 2.20. The largest absolute Gasteiger partial charge is 0.375 e. The number of rotatable bonds is 4. The van der Waals surface area contributed by atoms with Crippen molar-refractivity contribution in [3.05, 3.63) is 52.8 Å². The number of hydrogen-bond acceptors (Lipinski definition) is 5. The van der Waals surface area contributed by atoms with Gasteiger partial charge in [-0.25, -0.2) is 13.8 Å². The van der Waals surface area contributed by atoms with Crippen LogP contribution in [0.1, 0.15) is 5.69 Å². The van der Waals surface area contributed by atoms with Gasteiger partial charge in [-0.05, 0) is 37.2 Å². The summed E-state index contributed by atoms with van der Waals surface area (Å²) in [5.41, 5.74) is 1.29. The molecule has 1 aromatic carbocycles. The molecule has 0 saturated carbocycles. The zero-order valence-corrected chi connectivity index (χ0v) is 16.7. The molecule has 1 fully saturated rings. The van der Waals surface area contributed by atoms with Gasteiger partial charge in [0.05, 0.1) is 29.7 Å². The van der Waals surface area contributed by atoms with Crippen molar-refractivity contribution in [1.82, 2.24) is 14.3 Å². The first-order valence-corrected chi connectivity index (χ1v) is 10.0. The van der Waals surface area contributed by atoms with Gasteiger partial charge in [-0.2, -0.15) is 0 Å². The fraction of sp³-hybridized carbons (Fsp3) is 0.316. The predicted octanol–water partition coefficient (Wildman–Crippen LogP) is 3.77. The Bertz CT molecular complexity index is 1010. The van der Waals surface area contributed by atoms with E-state index in [1.54, 1.807) is 18.3 Å². The van der Waals surface area contributed by atoms with Crippen molar-refractivity contribution >= 4 is 29.2 Å². The van der Waals surface area contributed by atoms with E-state index in [0.29, 0.717) is 34.3 Å². The first-order chi connectivity index (χ1) is 13.5. The number of aromatic nitrogens is 2. The Morgan fingerprint density at radius 3 is 2.75 bits per heavy atom. The van der Waals surface area contributed by atoms with Crippen molar-refractivity contribution in [1.29, 1.82) is 0 Å². The van der Waals surface area contributed by atoms with E-state index in [1.165, 1.54) is 12.1 Å². The molecule has 4 rings (SSSR count). The summed E-state index contributed by atoms with van der Waals surface area (Å²) in [5, 5.41) is 5.95. The van der Waals surface area contributed by atoms with Gasteiger partial charge in [-0.3, -0.25) is 5.14 Å². The lowest BCUT2D eigenvalue weighted by atomic mass is 10.0. The molecule has 1 atom stereocenters. The molecule has 2 N–H and O–H groups in total. The number of likely N-dealkylation sites (N-methyl/N-ethyl adjacent to an activating group) is 1. The van der Waals surface area contributed by atoms with E-state index < -0.39 is 11.6 Å². The highest BCUT2D eigenvalue weighted by Crippen LogP contribution is 2.33. The molecular formula is C19H19ClF2N4OS. The lowest BCUT2D eigenvalue weighted by Crippen LogP contribution is -2.41. The first-order valence-electron chi connectivity index (χ1n) is 8.79. The van der Waals surface area contributed by atoms with Crippen LogP contribution < -0.4 is 5.14 Å². The second kappa shape index (κ2) is 7.96. The highest BCUT2D eigenvalue weighted by atomic mass is 35.5. The SMILES string of the molecule is CN1CCOC(Cc2c(-c3c(F)cc(SN)cc3F)nc3cc(Cl)ccn23)C1. The van der Waals surface area contributed by atoms with Crippen molar-refractivity contribution in [3.8, 4) is 11.3 Å². The van der Waals surface area contributed by atoms with Crippen LogP contribution in [0.3, 0.4) is 0 Å². The average molecular weight is 425 g/mol. The van der Waals surface area contributed by atoms with Gasteiger partial charge in [-0.15, -0.1) is 0 Å². The van der Waals surface area contributed by atoms with Crippen molar-refractivity contribution in [2.24, 2.45) is 5.14 Å². The Morgan fingerprint density at radius 1 is 1.32 bits per heavy atom. The number of nitrogens with two attached hydrogens (primary N) is 1. The zero-order chi connectivity index (χ0) is 19.8. The maximum absolute atomic E-state index is 14.8. The topological polar surface area (TPSA) is 55.8 Å². The third kappa shape index (κ3) is 3.75. The minimum Gasteiger partial charge on any atom is -0.375 e.